The van der Waals surface area contributed by atoms with Crippen LogP contribution in [-0.4, -0.2) is 63.1 Å². The zero-order chi connectivity index (χ0) is 28.6. The summed E-state index contributed by atoms with van der Waals surface area (Å²) in [4.78, 5) is 58.2. The van der Waals surface area contributed by atoms with Crippen LogP contribution in [0.25, 0.3) is 0 Å². The van der Waals surface area contributed by atoms with Gasteiger partial charge in [-0.25, -0.2) is 19.4 Å². The van der Waals surface area contributed by atoms with E-state index in [4.69, 9.17) is 0 Å². The number of hydrogen-bond acceptors (Lipinski definition) is 6. The number of H-pyrrole nitrogens is 1. The van der Waals surface area contributed by atoms with Gasteiger partial charge in [0.05, 0.1) is 0 Å². The van der Waals surface area contributed by atoms with Crippen molar-refractivity contribution in [2.24, 2.45) is 0 Å². The number of aryl methyl sites for hydroxylation is 2. The number of piperidine rings is 1. The molecule has 3 amide bonds. The third-order valence-electron chi connectivity index (χ3n) is 7.04. The first-order valence-electron chi connectivity index (χ1n) is 13.2. The normalized spacial score (nSPS) is 14.8. The highest BCUT2D eigenvalue weighted by atomic mass is 16.4. The van der Waals surface area contributed by atoms with Crippen LogP contribution in [0.2, 0.25) is 0 Å². The monoisotopic (exact) mass is 546 g/mol. The summed E-state index contributed by atoms with van der Waals surface area (Å²) in [6.07, 6.45) is 2.49. The molecular weight excluding hydrogens is 512 g/mol. The maximum absolute atomic E-state index is 13.0. The Morgan fingerprint density at radius 3 is 2.38 bits per heavy atom. The SMILES string of the molecule is Cc1cccc(C)c1C(=O)Nc1[nH]c(=O)ncc1CC(NC(=O)NC1CCN(Cc2ccccc2)CC1)C(=O)O. The van der Waals surface area contributed by atoms with Crippen molar-refractivity contribution < 1.29 is 19.5 Å². The van der Waals surface area contributed by atoms with Crippen LogP contribution < -0.4 is 21.6 Å². The Bertz CT molecular complexity index is 1400. The molecule has 3 aromatic rings. The molecule has 210 valence electrons. The number of urea groups is 1. The number of carboxylic acid groups (broad SMARTS) is 1. The standard InChI is InChI=1S/C29H34N6O5/c1-18-7-6-8-19(2)24(18)26(36)33-25-21(16-30-28(39)34-25)15-23(27(37)38)32-29(40)31-22-11-13-35(14-12-22)17-20-9-4-3-5-10-20/h3-10,16,22-23H,11-15,17H2,1-2H3,(H,37,38)(H2,31,32,40)(H2,30,33,34,36,39). The topological polar surface area (TPSA) is 157 Å². The molecule has 1 aliphatic heterocycles. The van der Waals surface area contributed by atoms with Gasteiger partial charge in [0.2, 0.25) is 0 Å². The minimum Gasteiger partial charge on any atom is -0.480 e. The number of aliphatic carboxylic acids is 1. The maximum atomic E-state index is 13.0. The second-order valence-electron chi connectivity index (χ2n) is 10.1. The van der Waals surface area contributed by atoms with Gasteiger partial charge in [0.1, 0.15) is 11.9 Å². The molecule has 0 spiro atoms. The van der Waals surface area contributed by atoms with Crippen molar-refractivity contribution in [3.05, 3.63) is 93.0 Å². The van der Waals surface area contributed by atoms with Gasteiger partial charge in [-0.2, -0.15) is 0 Å². The average Bonchev–Trinajstić information content (AvgIpc) is 2.91. The summed E-state index contributed by atoms with van der Waals surface area (Å²) >= 11 is 0. The zero-order valence-electron chi connectivity index (χ0n) is 22.6. The molecule has 0 radical (unpaired) electrons. The highest BCUT2D eigenvalue weighted by Gasteiger charge is 2.26. The first kappa shape index (κ1) is 28.5. The zero-order valence-corrected chi connectivity index (χ0v) is 22.6. The summed E-state index contributed by atoms with van der Waals surface area (Å²) in [6, 6.07) is 13.6. The number of anilines is 1. The molecule has 5 N–H and O–H groups in total. The number of aromatic nitrogens is 2. The molecule has 2 heterocycles. The van der Waals surface area contributed by atoms with E-state index < -0.39 is 29.6 Å². The third-order valence-corrected chi connectivity index (χ3v) is 7.04. The Balaban J connectivity index is 1.36. The molecule has 11 nitrogen and oxygen atoms in total. The van der Waals surface area contributed by atoms with Crippen molar-refractivity contribution in [1.82, 2.24) is 25.5 Å². The first-order chi connectivity index (χ1) is 19.2. The lowest BCUT2D eigenvalue weighted by molar-refractivity contribution is -0.139. The number of nitrogens with zero attached hydrogens (tertiary/aromatic N) is 2. The summed E-state index contributed by atoms with van der Waals surface area (Å²) < 4.78 is 0. The fourth-order valence-corrected chi connectivity index (χ4v) is 4.92. The number of carboxylic acids is 1. The summed E-state index contributed by atoms with van der Waals surface area (Å²) in [5.41, 5.74) is 2.76. The number of amides is 3. The van der Waals surface area contributed by atoms with E-state index in [0.717, 1.165) is 43.6 Å². The largest absolute Gasteiger partial charge is 0.480 e. The molecule has 1 aromatic heterocycles. The quantitative estimate of drug-likeness (QED) is 0.276. The number of benzene rings is 2. The van der Waals surface area contributed by atoms with Crippen LogP contribution in [0.4, 0.5) is 10.6 Å². The third kappa shape index (κ3) is 7.54. The lowest BCUT2D eigenvalue weighted by Gasteiger charge is -2.32. The molecule has 0 bridgehead atoms. The van der Waals surface area contributed by atoms with E-state index in [1.807, 2.05) is 24.3 Å². The molecule has 2 aromatic carbocycles. The van der Waals surface area contributed by atoms with Gasteiger partial charge in [0, 0.05) is 49.4 Å². The van der Waals surface area contributed by atoms with Crippen LogP contribution in [0.5, 0.6) is 0 Å². The number of hydrogen-bond donors (Lipinski definition) is 5. The van der Waals surface area contributed by atoms with Gasteiger partial charge in [-0.15, -0.1) is 0 Å². The maximum Gasteiger partial charge on any atom is 0.346 e. The second kappa shape index (κ2) is 13.0. The van der Waals surface area contributed by atoms with E-state index >= 15 is 0 Å². The smallest absolute Gasteiger partial charge is 0.346 e. The van der Waals surface area contributed by atoms with Crippen LogP contribution in [0.15, 0.2) is 59.5 Å². The Morgan fingerprint density at radius 2 is 1.73 bits per heavy atom. The summed E-state index contributed by atoms with van der Waals surface area (Å²) in [5, 5.41) is 17.9. The van der Waals surface area contributed by atoms with Crippen LogP contribution in [0, 0.1) is 13.8 Å². The van der Waals surface area contributed by atoms with Crippen molar-refractivity contribution in [3.8, 4) is 0 Å². The van der Waals surface area contributed by atoms with Crippen LogP contribution >= 0.6 is 0 Å². The molecule has 1 unspecified atom stereocenters. The fraction of sp³-hybridized carbons (Fsp3) is 0.345. The van der Waals surface area contributed by atoms with E-state index in [9.17, 15) is 24.3 Å². The van der Waals surface area contributed by atoms with Gasteiger partial charge >= 0.3 is 17.7 Å². The number of aromatic amines is 1. The molecular formula is C29H34N6O5. The number of carbonyl (C=O) groups is 3. The molecule has 40 heavy (non-hydrogen) atoms. The number of rotatable bonds is 9. The molecule has 0 saturated carbocycles. The van der Waals surface area contributed by atoms with Crippen LogP contribution in [-0.2, 0) is 17.8 Å². The summed E-state index contributed by atoms with van der Waals surface area (Å²) in [7, 11) is 0. The van der Waals surface area contributed by atoms with E-state index in [2.05, 4.69) is 43.0 Å². The minimum absolute atomic E-state index is 0.0342. The van der Waals surface area contributed by atoms with Crippen molar-refractivity contribution in [3.63, 3.8) is 0 Å². The minimum atomic E-state index is -1.32. The average molecular weight is 547 g/mol. The van der Waals surface area contributed by atoms with Gasteiger partial charge in [-0.05, 0) is 43.4 Å². The summed E-state index contributed by atoms with van der Waals surface area (Å²) in [5.74, 6) is -1.67. The lowest BCUT2D eigenvalue weighted by atomic mass is 10.0. The molecule has 1 fully saturated rings. The Morgan fingerprint density at radius 1 is 1.05 bits per heavy atom. The molecule has 1 aliphatic rings. The second-order valence-corrected chi connectivity index (χ2v) is 10.1. The van der Waals surface area contributed by atoms with Crippen molar-refractivity contribution >= 4 is 23.7 Å². The highest BCUT2D eigenvalue weighted by Crippen LogP contribution is 2.18. The first-order valence-corrected chi connectivity index (χ1v) is 13.2. The Hall–Kier alpha value is -4.51. The Kier molecular flexibility index (Phi) is 9.28. The number of carbonyl (C=O) groups excluding carboxylic acids is 2. The number of likely N-dealkylation sites (tertiary alicyclic amines) is 1. The van der Waals surface area contributed by atoms with Gasteiger partial charge in [0.15, 0.2) is 0 Å². The van der Waals surface area contributed by atoms with Crippen LogP contribution in [0.1, 0.15) is 45.5 Å². The fourth-order valence-electron chi connectivity index (χ4n) is 4.92. The van der Waals surface area contributed by atoms with Gasteiger partial charge in [-0.1, -0.05) is 48.5 Å². The Labute approximate surface area is 232 Å². The highest BCUT2D eigenvalue weighted by molar-refractivity contribution is 6.06. The predicted octanol–water partition coefficient (Wildman–Crippen LogP) is 2.60. The van der Waals surface area contributed by atoms with E-state index in [1.54, 1.807) is 26.0 Å². The lowest BCUT2D eigenvalue weighted by Crippen LogP contribution is -2.52. The van der Waals surface area contributed by atoms with E-state index in [1.165, 1.54) is 11.8 Å². The van der Waals surface area contributed by atoms with E-state index in [-0.39, 0.29) is 23.8 Å². The van der Waals surface area contributed by atoms with Gasteiger partial charge in [-0.3, -0.25) is 14.7 Å². The molecule has 4 rings (SSSR count). The van der Waals surface area contributed by atoms with Crippen molar-refractivity contribution in [2.45, 2.75) is 51.7 Å². The number of nitrogens with one attached hydrogen (secondary N) is 4. The van der Waals surface area contributed by atoms with Crippen molar-refractivity contribution in [2.75, 3.05) is 18.4 Å². The van der Waals surface area contributed by atoms with Crippen LogP contribution in [0.3, 0.4) is 0 Å². The van der Waals surface area contributed by atoms with Gasteiger partial charge < -0.3 is 21.1 Å². The summed E-state index contributed by atoms with van der Waals surface area (Å²) in [6.45, 7) is 6.07. The van der Waals surface area contributed by atoms with Crippen molar-refractivity contribution in [1.29, 1.82) is 0 Å². The molecule has 11 heteroatoms. The van der Waals surface area contributed by atoms with Gasteiger partial charge in [0.25, 0.3) is 5.91 Å². The molecule has 1 saturated heterocycles. The predicted molar refractivity (Wildman–Crippen MR) is 150 cm³/mol. The van der Waals surface area contributed by atoms with E-state index in [0.29, 0.717) is 5.56 Å². The molecule has 1 atom stereocenters. The molecule has 0 aliphatic carbocycles.